The van der Waals surface area contributed by atoms with Crippen molar-refractivity contribution in [2.24, 2.45) is 0 Å². The first-order valence-electron chi connectivity index (χ1n) is 8.99. The summed E-state index contributed by atoms with van der Waals surface area (Å²) in [6.45, 7) is 5.32. The van der Waals surface area contributed by atoms with E-state index in [1.165, 1.54) is 4.90 Å². The Hall–Kier alpha value is -1.87. The van der Waals surface area contributed by atoms with Crippen LogP contribution in [0.1, 0.15) is 44.7 Å². The second-order valence-electron chi connectivity index (χ2n) is 8.36. The zero-order chi connectivity index (χ0) is 20.9. The monoisotopic (exact) mass is 405 g/mol. The van der Waals surface area contributed by atoms with E-state index in [0.29, 0.717) is 18.2 Å². The van der Waals surface area contributed by atoms with E-state index in [4.69, 9.17) is 9.47 Å². The number of morpholine rings is 1. The Morgan fingerprint density at radius 1 is 1.21 bits per heavy atom. The summed E-state index contributed by atoms with van der Waals surface area (Å²) in [6.07, 6.45) is -5.55. The van der Waals surface area contributed by atoms with E-state index >= 15 is 0 Å². The third kappa shape index (κ3) is 4.10. The lowest BCUT2D eigenvalue weighted by Crippen LogP contribution is -2.63. The van der Waals surface area contributed by atoms with Gasteiger partial charge in [0.1, 0.15) is 11.4 Å². The smallest absolute Gasteiger partial charge is 0.416 e. The van der Waals surface area contributed by atoms with E-state index in [9.17, 15) is 27.5 Å². The van der Waals surface area contributed by atoms with Crippen LogP contribution >= 0.6 is 0 Å². The molecule has 2 aliphatic rings. The fraction of sp³-hybridized carbons (Fsp3) is 0.632. The molecule has 1 aromatic carbocycles. The standard InChI is InChI=1S/C19H23F4NO4/c1-17(2,3)28-16(25)24-12-7-18(26,8-13(24)10-27-9-12)14-6-11(19(21,22)23)4-5-15(14)20/h4-6,12-13,26H,7-10H2,1-3H3. The highest BCUT2D eigenvalue weighted by Crippen LogP contribution is 2.43. The number of piperidine rings is 1. The van der Waals surface area contributed by atoms with Crippen molar-refractivity contribution in [1.82, 2.24) is 4.90 Å². The van der Waals surface area contributed by atoms with E-state index in [2.05, 4.69) is 0 Å². The number of benzene rings is 1. The second-order valence-corrected chi connectivity index (χ2v) is 8.36. The number of rotatable bonds is 1. The van der Waals surface area contributed by atoms with Crippen LogP contribution in [-0.4, -0.2) is 47.0 Å². The maximum absolute atomic E-state index is 14.4. The van der Waals surface area contributed by atoms with Crippen molar-refractivity contribution in [1.29, 1.82) is 0 Å². The number of carbonyl (C=O) groups excluding carboxylic acids is 1. The van der Waals surface area contributed by atoms with Gasteiger partial charge in [-0.15, -0.1) is 0 Å². The average molecular weight is 405 g/mol. The van der Waals surface area contributed by atoms with Gasteiger partial charge in [0.05, 0.1) is 36.5 Å². The van der Waals surface area contributed by atoms with Gasteiger partial charge in [-0.2, -0.15) is 13.2 Å². The van der Waals surface area contributed by atoms with Crippen molar-refractivity contribution in [3.8, 4) is 0 Å². The minimum Gasteiger partial charge on any atom is -0.444 e. The molecule has 2 aliphatic heterocycles. The zero-order valence-corrected chi connectivity index (χ0v) is 15.8. The van der Waals surface area contributed by atoms with E-state index in [0.717, 1.165) is 0 Å². The Morgan fingerprint density at radius 3 is 2.29 bits per heavy atom. The molecule has 3 rings (SSSR count). The predicted octanol–water partition coefficient (Wildman–Crippen LogP) is 3.83. The Kier molecular flexibility index (Phi) is 5.12. The number of hydrogen-bond acceptors (Lipinski definition) is 4. The quantitative estimate of drug-likeness (QED) is 0.722. The second kappa shape index (κ2) is 6.88. The van der Waals surface area contributed by atoms with E-state index in [1.54, 1.807) is 20.8 Å². The first-order valence-corrected chi connectivity index (χ1v) is 8.99. The van der Waals surface area contributed by atoms with Gasteiger partial charge >= 0.3 is 12.3 Å². The molecule has 0 aliphatic carbocycles. The van der Waals surface area contributed by atoms with Crippen LogP contribution in [0.5, 0.6) is 0 Å². The molecule has 1 aromatic rings. The molecule has 0 spiro atoms. The van der Waals surface area contributed by atoms with Crippen molar-refractivity contribution >= 4 is 6.09 Å². The van der Waals surface area contributed by atoms with Gasteiger partial charge in [-0.25, -0.2) is 9.18 Å². The highest BCUT2D eigenvalue weighted by molar-refractivity contribution is 5.69. The van der Waals surface area contributed by atoms with Gasteiger partial charge < -0.3 is 14.6 Å². The average Bonchev–Trinajstić information content (AvgIpc) is 2.51. The number of carbonyl (C=O) groups is 1. The molecule has 2 bridgehead atoms. The van der Waals surface area contributed by atoms with Gasteiger partial charge in [-0.3, -0.25) is 4.90 Å². The maximum atomic E-state index is 14.4. The molecule has 2 saturated heterocycles. The summed E-state index contributed by atoms with van der Waals surface area (Å²) in [7, 11) is 0. The van der Waals surface area contributed by atoms with Crippen LogP contribution in [0, 0.1) is 5.82 Å². The van der Waals surface area contributed by atoms with Gasteiger partial charge in [-0.05, 0) is 39.0 Å². The highest BCUT2D eigenvalue weighted by atomic mass is 19.4. The van der Waals surface area contributed by atoms with Crippen LogP contribution in [0.3, 0.4) is 0 Å². The molecule has 9 heteroatoms. The largest absolute Gasteiger partial charge is 0.444 e. The molecule has 0 aromatic heterocycles. The first-order chi connectivity index (χ1) is 12.8. The molecule has 0 saturated carbocycles. The van der Waals surface area contributed by atoms with Crippen LogP contribution in [0.15, 0.2) is 18.2 Å². The Labute approximate surface area is 160 Å². The molecular weight excluding hydrogens is 382 g/mol. The molecule has 2 atom stereocenters. The molecule has 5 nitrogen and oxygen atoms in total. The van der Waals surface area contributed by atoms with Crippen LogP contribution in [-0.2, 0) is 21.3 Å². The summed E-state index contributed by atoms with van der Waals surface area (Å²) in [4.78, 5) is 14.0. The number of alkyl halides is 3. The highest BCUT2D eigenvalue weighted by Gasteiger charge is 2.51. The minimum atomic E-state index is -4.66. The molecule has 28 heavy (non-hydrogen) atoms. The topological polar surface area (TPSA) is 59.0 Å². The van der Waals surface area contributed by atoms with Gasteiger partial charge in [0.15, 0.2) is 0 Å². The lowest BCUT2D eigenvalue weighted by Gasteiger charge is -2.51. The normalized spacial score (nSPS) is 28.2. The van der Waals surface area contributed by atoms with Crippen LogP contribution in [0.25, 0.3) is 0 Å². The van der Waals surface area contributed by atoms with Crippen molar-refractivity contribution < 1.29 is 36.9 Å². The molecule has 2 unspecified atom stereocenters. The number of halogens is 4. The van der Waals surface area contributed by atoms with Crippen molar-refractivity contribution in [3.05, 3.63) is 35.1 Å². The molecular formula is C19H23F4NO4. The Balaban J connectivity index is 1.92. The summed E-state index contributed by atoms with van der Waals surface area (Å²) in [5.74, 6) is -0.916. The zero-order valence-electron chi connectivity index (χ0n) is 15.8. The molecule has 2 fully saturated rings. The van der Waals surface area contributed by atoms with Crippen LogP contribution < -0.4 is 0 Å². The fourth-order valence-corrected chi connectivity index (χ4v) is 3.87. The summed E-state index contributed by atoms with van der Waals surface area (Å²) in [5.41, 5.74) is -4.02. The maximum Gasteiger partial charge on any atom is 0.416 e. The Morgan fingerprint density at radius 2 is 1.79 bits per heavy atom. The molecule has 156 valence electrons. The number of amides is 1. The third-order valence-corrected chi connectivity index (χ3v) is 4.95. The Bertz CT molecular complexity index is 745. The van der Waals surface area contributed by atoms with Crippen LogP contribution in [0.2, 0.25) is 0 Å². The van der Waals surface area contributed by atoms with Crippen molar-refractivity contribution in [2.45, 2.75) is 63.1 Å². The number of aliphatic hydroxyl groups is 1. The van der Waals surface area contributed by atoms with Crippen molar-refractivity contribution in [2.75, 3.05) is 13.2 Å². The van der Waals surface area contributed by atoms with E-state index in [-0.39, 0.29) is 26.1 Å². The van der Waals surface area contributed by atoms with Gasteiger partial charge in [0, 0.05) is 18.4 Å². The van der Waals surface area contributed by atoms with Gasteiger partial charge in [-0.1, -0.05) is 0 Å². The molecule has 0 radical (unpaired) electrons. The van der Waals surface area contributed by atoms with Crippen molar-refractivity contribution in [3.63, 3.8) is 0 Å². The summed E-state index contributed by atoms with van der Waals surface area (Å²) >= 11 is 0. The van der Waals surface area contributed by atoms with Gasteiger partial charge in [0.25, 0.3) is 0 Å². The summed E-state index contributed by atoms with van der Waals surface area (Å²) in [6, 6.07) is 0.724. The fourth-order valence-electron chi connectivity index (χ4n) is 3.87. The lowest BCUT2D eigenvalue weighted by atomic mass is 9.76. The number of nitrogens with zero attached hydrogens (tertiary/aromatic N) is 1. The predicted molar refractivity (Wildman–Crippen MR) is 91.0 cm³/mol. The number of ether oxygens (including phenoxy) is 2. The minimum absolute atomic E-state index is 0.0820. The SMILES string of the molecule is CC(C)(C)OC(=O)N1C2COCC1CC(O)(c1cc(C(F)(F)F)ccc1F)C2. The van der Waals surface area contributed by atoms with E-state index in [1.807, 2.05) is 0 Å². The number of hydrogen-bond donors (Lipinski definition) is 1. The van der Waals surface area contributed by atoms with Gasteiger partial charge in [0.2, 0.25) is 0 Å². The van der Waals surface area contributed by atoms with E-state index < -0.39 is 52.5 Å². The molecule has 1 amide bonds. The third-order valence-electron chi connectivity index (χ3n) is 4.95. The van der Waals surface area contributed by atoms with Crippen LogP contribution in [0.4, 0.5) is 22.4 Å². The summed E-state index contributed by atoms with van der Waals surface area (Å²) < 4.78 is 64.4. The first kappa shape index (κ1) is 20.9. The summed E-state index contributed by atoms with van der Waals surface area (Å²) in [5, 5.41) is 11.1. The molecule has 1 N–H and O–H groups in total. The number of fused-ring (bicyclic) bond motifs is 2. The molecule has 2 heterocycles. The lowest BCUT2D eigenvalue weighted by molar-refractivity contribution is -0.143.